The molecule has 2 unspecified atom stereocenters. The standard InChI is InChI=1S/C16H17N3O4/c1-10-8-21-16(23-10,7-15-17-9-18-19-15)14-6-11-5-12(20-2)3-4-13(11)22-14/h3-6,9-10H,7-8H2,1-2H3,(H,17,18,19). The molecule has 0 spiro atoms. The Morgan fingerprint density at radius 2 is 2.30 bits per heavy atom. The Balaban J connectivity index is 1.77. The number of ether oxygens (including phenoxy) is 3. The molecule has 7 nitrogen and oxygen atoms in total. The minimum absolute atomic E-state index is 0.0272. The van der Waals surface area contributed by atoms with Crippen molar-refractivity contribution in [2.45, 2.75) is 25.2 Å². The summed E-state index contributed by atoms with van der Waals surface area (Å²) >= 11 is 0. The number of rotatable bonds is 4. The van der Waals surface area contributed by atoms with E-state index in [1.165, 1.54) is 6.33 Å². The van der Waals surface area contributed by atoms with E-state index < -0.39 is 5.79 Å². The summed E-state index contributed by atoms with van der Waals surface area (Å²) in [5.74, 6) is 1.07. The van der Waals surface area contributed by atoms with Crippen molar-refractivity contribution in [3.63, 3.8) is 0 Å². The lowest BCUT2D eigenvalue weighted by Gasteiger charge is -2.24. The number of aromatic amines is 1. The fourth-order valence-electron chi connectivity index (χ4n) is 2.83. The Kier molecular flexibility index (Phi) is 3.32. The number of hydrogen-bond acceptors (Lipinski definition) is 6. The Labute approximate surface area is 132 Å². The molecule has 0 amide bonds. The fraction of sp³-hybridized carbons (Fsp3) is 0.375. The highest BCUT2D eigenvalue weighted by Crippen LogP contribution is 2.39. The third-order valence-corrected chi connectivity index (χ3v) is 3.91. The van der Waals surface area contributed by atoms with Crippen LogP contribution in [0.2, 0.25) is 0 Å². The molecule has 1 aromatic carbocycles. The smallest absolute Gasteiger partial charge is 0.236 e. The third-order valence-electron chi connectivity index (χ3n) is 3.91. The molecular weight excluding hydrogens is 298 g/mol. The van der Waals surface area contributed by atoms with Crippen molar-refractivity contribution in [1.82, 2.24) is 15.2 Å². The summed E-state index contributed by atoms with van der Waals surface area (Å²) < 4.78 is 23.3. The molecule has 1 aliphatic heterocycles. The summed E-state index contributed by atoms with van der Waals surface area (Å²) in [4.78, 5) is 4.17. The third kappa shape index (κ3) is 2.47. The van der Waals surface area contributed by atoms with Gasteiger partial charge in [-0.1, -0.05) is 0 Å². The van der Waals surface area contributed by atoms with Crippen molar-refractivity contribution >= 4 is 11.0 Å². The van der Waals surface area contributed by atoms with Gasteiger partial charge in [0.05, 0.1) is 26.2 Å². The van der Waals surface area contributed by atoms with Crippen LogP contribution in [0.3, 0.4) is 0 Å². The van der Waals surface area contributed by atoms with Gasteiger partial charge >= 0.3 is 0 Å². The van der Waals surface area contributed by atoms with Crippen LogP contribution < -0.4 is 4.74 Å². The topological polar surface area (TPSA) is 82.4 Å². The number of furan rings is 1. The van der Waals surface area contributed by atoms with Crippen molar-refractivity contribution in [2.24, 2.45) is 0 Å². The van der Waals surface area contributed by atoms with Gasteiger partial charge in [-0.3, -0.25) is 5.10 Å². The number of hydrogen-bond donors (Lipinski definition) is 1. The number of aromatic nitrogens is 3. The number of nitrogens with zero attached hydrogens (tertiary/aromatic N) is 2. The van der Waals surface area contributed by atoms with Gasteiger partial charge < -0.3 is 18.6 Å². The van der Waals surface area contributed by atoms with Crippen LogP contribution in [0, 0.1) is 0 Å². The first kappa shape index (κ1) is 14.2. The predicted octanol–water partition coefficient (Wildman–Crippen LogP) is 2.39. The molecule has 0 bridgehead atoms. The van der Waals surface area contributed by atoms with Crippen LogP contribution in [0.15, 0.2) is 35.0 Å². The molecule has 3 aromatic rings. The van der Waals surface area contributed by atoms with E-state index in [2.05, 4.69) is 15.2 Å². The van der Waals surface area contributed by atoms with Crippen LogP contribution in [-0.4, -0.2) is 35.0 Å². The number of fused-ring (bicyclic) bond motifs is 1. The lowest BCUT2D eigenvalue weighted by molar-refractivity contribution is -0.186. The van der Waals surface area contributed by atoms with E-state index >= 15 is 0 Å². The van der Waals surface area contributed by atoms with Gasteiger partial charge in [-0.15, -0.1) is 0 Å². The maximum Gasteiger partial charge on any atom is 0.236 e. The van der Waals surface area contributed by atoms with Gasteiger partial charge in [-0.05, 0) is 31.2 Å². The second-order valence-electron chi connectivity index (χ2n) is 5.62. The van der Waals surface area contributed by atoms with E-state index in [1.54, 1.807) is 7.11 Å². The van der Waals surface area contributed by atoms with E-state index in [4.69, 9.17) is 18.6 Å². The summed E-state index contributed by atoms with van der Waals surface area (Å²) in [5.41, 5.74) is 0.754. The second kappa shape index (κ2) is 5.36. The van der Waals surface area contributed by atoms with Crippen molar-refractivity contribution < 1.29 is 18.6 Å². The summed E-state index contributed by atoms with van der Waals surface area (Å²) in [6.45, 7) is 2.46. The quantitative estimate of drug-likeness (QED) is 0.796. The Morgan fingerprint density at radius 1 is 1.39 bits per heavy atom. The highest BCUT2D eigenvalue weighted by molar-refractivity contribution is 5.79. The zero-order valence-electron chi connectivity index (χ0n) is 12.9. The lowest BCUT2D eigenvalue weighted by Crippen LogP contribution is -2.30. The van der Waals surface area contributed by atoms with Crippen LogP contribution in [0.5, 0.6) is 5.75 Å². The molecule has 2 atom stereocenters. The molecule has 1 fully saturated rings. The van der Waals surface area contributed by atoms with Crippen LogP contribution in [0.25, 0.3) is 11.0 Å². The summed E-state index contributed by atoms with van der Waals surface area (Å²) in [6.07, 6.45) is 1.83. The molecule has 7 heteroatoms. The molecular formula is C16H17N3O4. The largest absolute Gasteiger partial charge is 0.497 e. The molecule has 0 radical (unpaired) electrons. The normalized spacial score (nSPS) is 24.3. The Bertz CT molecular complexity index is 814. The maximum atomic E-state index is 6.06. The van der Waals surface area contributed by atoms with Crippen molar-refractivity contribution in [1.29, 1.82) is 0 Å². The summed E-state index contributed by atoms with van der Waals surface area (Å²) in [7, 11) is 1.64. The number of methoxy groups -OCH3 is 1. The summed E-state index contributed by atoms with van der Waals surface area (Å²) in [6, 6.07) is 7.57. The number of H-pyrrole nitrogens is 1. The van der Waals surface area contributed by atoms with Gasteiger partial charge in [0.2, 0.25) is 5.79 Å². The fourth-order valence-corrected chi connectivity index (χ4v) is 2.83. The van der Waals surface area contributed by atoms with Crippen LogP contribution in [0.1, 0.15) is 18.5 Å². The average molecular weight is 315 g/mol. The van der Waals surface area contributed by atoms with Gasteiger partial charge in [0, 0.05) is 5.39 Å². The molecule has 23 heavy (non-hydrogen) atoms. The molecule has 4 rings (SSSR count). The van der Waals surface area contributed by atoms with Gasteiger partial charge in [0.1, 0.15) is 23.5 Å². The Morgan fingerprint density at radius 3 is 3.00 bits per heavy atom. The zero-order valence-corrected chi connectivity index (χ0v) is 12.9. The van der Waals surface area contributed by atoms with E-state index in [9.17, 15) is 0 Å². The average Bonchev–Trinajstić information content (AvgIpc) is 3.27. The van der Waals surface area contributed by atoms with E-state index in [-0.39, 0.29) is 6.10 Å². The van der Waals surface area contributed by atoms with Crippen molar-refractivity contribution in [3.05, 3.63) is 42.2 Å². The van der Waals surface area contributed by atoms with E-state index in [0.717, 1.165) is 16.7 Å². The SMILES string of the molecule is COc1ccc2oc(C3(Cc4ncn[nH]4)OCC(C)O3)cc2c1. The second-order valence-corrected chi connectivity index (χ2v) is 5.62. The van der Waals surface area contributed by atoms with Gasteiger partial charge in [0.15, 0.2) is 5.76 Å². The molecule has 2 aromatic heterocycles. The molecule has 3 heterocycles. The lowest BCUT2D eigenvalue weighted by atomic mass is 10.1. The molecule has 1 aliphatic rings. The zero-order chi connectivity index (χ0) is 15.9. The van der Waals surface area contributed by atoms with Crippen LogP contribution >= 0.6 is 0 Å². The van der Waals surface area contributed by atoms with Gasteiger partial charge in [-0.25, -0.2) is 4.98 Å². The van der Waals surface area contributed by atoms with Crippen LogP contribution in [0.4, 0.5) is 0 Å². The molecule has 0 aliphatic carbocycles. The summed E-state index contributed by atoms with van der Waals surface area (Å²) in [5, 5.41) is 7.66. The number of nitrogens with one attached hydrogen (secondary N) is 1. The minimum atomic E-state index is -0.995. The Hall–Kier alpha value is -2.38. The highest BCUT2D eigenvalue weighted by atomic mass is 16.8. The van der Waals surface area contributed by atoms with Gasteiger partial charge in [0.25, 0.3) is 0 Å². The molecule has 120 valence electrons. The maximum absolute atomic E-state index is 6.06. The van der Waals surface area contributed by atoms with E-state index in [0.29, 0.717) is 24.6 Å². The molecule has 1 saturated heterocycles. The minimum Gasteiger partial charge on any atom is -0.497 e. The van der Waals surface area contributed by atoms with Crippen LogP contribution in [-0.2, 0) is 21.7 Å². The van der Waals surface area contributed by atoms with E-state index in [1.807, 2.05) is 31.2 Å². The van der Waals surface area contributed by atoms with Gasteiger partial charge in [-0.2, -0.15) is 5.10 Å². The van der Waals surface area contributed by atoms with Crippen molar-refractivity contribution in [3.8, 4) is 5.75 Å². The molecule has 0 saturated carbocycles. The first-order chi connectivity index (χ1) is 11.2. The predicted molar refractivity (Wildman–Crippen MR) is 81.0 cm³/mol. The van der Waals surface area contributed by atoms with Crippen molar-refractivity contribution in [2.75, 3.05) is 13.7 Å². The first-order valence-corrected chi connectivity index (χ1v) is 7.42. The number of benzene rings is 1. The molecule has 1 N–H and O–H groups in total. The monoisotopic (exact) mass is 315 g/mol. The first-order valence-electron chi connectivity index (χ1n) is 7.42. The highest BCUT2D eigenvalue weighted by Gasteiger charge is 2.45.